The van der Waals surface area contributed by atoms with Gasteiger partial charge in [0.05, 0.1) is 18.5 Å². The van der Waals surface area contributed by atoms with Crippen LogP contribution >= 0.6 is 0 Å². The Hall–Kier alpha value is -2.97. The topological polar surface area (TPSA) is 89.8 Å². The number of fused-ring (bicyclic) bond motifs is 1. The van der Waals surface area contributed by atoms with Crippen LogP contribution in [-0.2, 0) is 16.1 Å². The predicted octanol–water partition coefficient (Wildman–Crippen LogP) is 3.58. The van der Waals surface area contributed by atoms with Crippen molar-refractivity contribution in [2.75, 3.05) is 18.5 Å². The van der Waals surface area contributed by atoms with Crippen LogP contribution in [-0.4, -0.2) is 39.8 Å². The van der Waals surface area contributed by atoms with E-state index in [1.807, 2.05) is 35.7 Å². The first-order valence-corrected chi connectivity index (χ1v) is 9.93. The van der Waals surface area contributed by atoms with Gasteiger partial charge in [0.1, 0.15) is 5.65 Å². The van der Waals surface area contributed by atoms with Crippen LogP contribution in [0.5, 0.6) is 0 Å². The van der Waals surface area contributed by atoms with Crippen molar-refractivity contribution >= 4 is 17.5 Å². The number of nitrogens with one attached hydrogen (secondary N) is 2. The highest BCUT2D eigenvalue weighted by Crippen LogP contribution is 2.25. The Morgan fingerprint density at radius 3 is 3.03 bits per heavy atom. The fraction of sp³-hybridized carbons (Fsp3) is 0.381. The maximum Gasteiger partial charge on any atom is 0.320 e. The second-order valence-corrected chi connectivity index (χ2v) is 6.92. The predicted molar refractivity (Wildman–Crippen MR) is 109 cm³/mol. The molecule has 0 aliphatic carbocycles. The van der Waals surface area contributed by atoms with Crippen molar-refractivity contribution in [3.8, 4) is 11.1 Å². The number of carbonyl (C=O) groups is 1. The van der Waals surface area contributed by atoms with Crippen LogP contribution in [0.2, 0.25) is 0 Å². The number of ether oxygens (including phenoxy) is 2. The van der Waals surface area contributed by atoms with Gasteiger partial charge in [0.15, 0.2) is 12.1 Å². The highest BCUT2D eigenvalue weighted by molar-refractivity contribution is 5.88. The lowest BCUT2D eigenvalue weighted by atomic mass is 10.1. The standard InChI is InChI=1S/C21H25N5O3/c1-2-23-21(27)25-18-13-26-17(14-29-20-7-3-4-9-28-20)10-16(11-19(26)24-18)15-6-5-8-22-12-15/h5-6,8,10-13,20H,2-4,7,9,14H2,1H3,(H2,23,25,27). The van der Waals surface area contributed by atoms with Crippen molar-refractivity contribution in [2.45, 2.75) is 39.1 Å². The summed E-state index contributed by atoms with van der Waals surface area (Å²) >= 11 is 0. The number of carbonyl (C=O) groups excluding carboxylic acids is 1. The van der Waals surface area contributed by atoms with E-state index in [9.17, 15) is 4.79 Å². The maximum absolute atomic E-state index is 11.9. The van der Waals surface area contributed by atoms with Gasteiger partial charge >= 0.3 is 6.03 Å². The van der Waals surface area contributed by atoms with E-state index in [4.69, 9.17) is 9.47 Å². The monoisotopic (exact) mass is 395 g/mol. The first-order valence-electron chi connectivity index (χ1n) is 9.93. The van der Waals surface area contributed by atoms with Gasteiger partial charge in [0.25, 0.3) is 0 Å². The molecule has 1 saturated heterocycles. The first kappa shape index (κ1) is 19.4. The van der Waals surface area contributed by atoms with Crippen molar-refractivity contribution in [3.63, 3.8) is 0 Å². The minimum atomic E-state index is -0.281. The average molecular weight is 395 g/mol. The van der Waals surface area contributed by atoms with Gasteiger partial charge in [-0.25, -0.2) is 9.78 Å². The third kappa shape index (κ3) is 4.72. The van der Waals surface area contributed by atoms with E-state index >= 15 is 0 Å². The summed E-state index contributed by atoms with van der Waals surface area (Å²) in [6, 6.07) is 7.66. The number of hydrogen-bond acceptors (Lipinski definition) is 5. The molecule has 3 aromatic rings. The second kappa shape index (κ2) is 9.02. The van der Waals surface area contributed by atoms with E-state index in [-0.39, 0.29) is 12.3 Å². The van der Waals surface area contributed by atoms with E-state index < -0.39 is 0 Å². The number of anilines is 1. The molecule has 2 N–H and O–H groups in total. The summed E-state index contributed by atoms with van der Waals surface area (Å²) < 4.78 is 13.6. The summed E-state index contributed by atoms with van der Waals surface area (Å²) in [5, 5.41) is 5.47. The molecular formula is C21H25N5O3. The highest BCUT2D eigenvalue weighted by Gasteiger charge is 2.16. The lowest BCUT2D eigenvalue weighted by molar-refractivity contribution is -0.169. The molecule has 4 heterocycles. The second-order valence-electron chi connectivity index (χ2n) is 6.92. The third-order valence-electron chi connectivity index (χ3n) is 4.78. The lowest BCUT2D eigenvalue weighted by Gasteiger charge is -2.23. The molecule has 4 rings (SSSR count). The molecule has 1 aliphatic heterocycles. The Morgan fingerprint density at radius 1 is 1.34 bits per heavy atom. The van der Waals surface area contributed by atoms with E-state index in [0.717, 1.165) is 48.3 Å². The zero-order valence-electron chi connectivity index (χ0n) is 16.4. The third-order valence-corrected chi connectivity index (χ3v) is 4.78. The van der Waals surface area contributed by atoms with Gasteiger partial charge in [-0.2, -0.15) is 0 Å². The number of rotatable bonds is 6. The van der Waals surface area contributed by atoms with E-state index in [2.05, 4.69) is 26.7 Å². The quantitative estimate of drug-likeness (QED) is 0.666. The van der Waals surface area contributed by atoms with Crippen molar-refractivity contribution in [2.24, 2.45) is 0 Å². The maximum atomic E-state index is 11.9. The minimum absolute atomic E-state index is 0.183. The molecule has 29 heavy (non-hydrogen) atoms. The Morgan fingerprint density at radius 2 is 2.28 bits per heavy atom. The normalized spacial score (nSPS) is 16.7. The molecule has 0 aromatic carbocycles. The molecule has 1 fully saturated rings. The molecule has 0 saturated carbocycles. The largest absolute Gasteiger partial charge is 0.353 e. The summed E-state index contributed by atoms with van der Waals surface area (Å²) in [5.41, 5.74) is 3.63. The van der Waals surface area contributed by atoms with Crippen LogP contribution in [0, 0.1) is 0 Å². The van der Waals surface area contributed by atoms with E-state index in [0.29, 0.717) is 19.0 Å². The first-order chi connectivity index (χ1) is 14.2. The molecule has 0 bridgehead atoms. The zero-order valence-corrected chi connectivity index (χ0v) is 16.4. The number of hydrogen-bond donors (Lipinski definition) is 2. The molecule has 8 heteroatoms. The van der Waals surface area contributed by atoms with Crippen LogP contribution < -0.4 is 10.6 Å². The van der Waals surface area contributed by atoms with Crippen LogP contribution in [0.25, 0.3) is 16.8 Å². The van der Waals surface area contributed by atoms with Gasteiger partial charge in [-0.1, -0.05) is 6.07 Å². The molecule has 1 atom stereocenters. The Labute approximate surface area is 169 Å². The number of nitrogens with zero attached hydrogens (tertiary/aromatic N) is 3. The van der Waals surface area contributed by atoms with Crippen molar-refractivity contribution in [1.82, 2.24) is 19.7 Å². The molecule has 8 nitrogen and oxygen atoms in total. The number of urea groups is 1. The highest BCUT2D eigenvalue weighted by atomic mass is 16.7. The average Bonchev–Trinajstić information content (AvgIpc) is 3.16. The molecule has 3 aromatic heterocycles. The van der Waals surface area contributed by atoms with Crippen molar-refractivity contribution in [1.29, 1.82) is 0 Å². The summed E-state index contributed by atoms with van der Waals surface area (Å²) in [4.78, 5) is 20.6. The van der Waals surface area contributed by atoms with Gasteiger partial charge in [-0.15, -0.1) is 0 Å². The number of amides is 2. The van der Waals surface area contributed by atoms with Crippen LogP contribution in [0.15, 0.2) is 42.9 Å². The summed E-state index contributed by atoms with van der Waals surface area (Å²) in [6.45, 7) is 3.53. The minimum Gasteiger partial charge on any atom is -0.353 e. The van der Waals surface area contributed by atoms with Crippen molar-refractivity contribution < 1.29 is 14.3 Å². The summed E-state index contributed by atoms with van der Waals surface area (Å²) in [5.74, 6) is 0.481. The Kier molecular flexibility index (Phi) is 6.02. The van der Waals surface area contributed by atoms with Crippen LogP contribution in [0.4, 0.5) is 10.6 Å². The van der Waals surface area contributed by atoms with Gasteiger partial charge in [0, 0.05) is 31.1 Å². The van der Waals surface area contributed by atoms with E-state index in [1.165, 1.54) is 0 Å². The molecule has 152 valence electrons. The number of aromatic nitrogens is 3. The molecule has 2 amide bonds. The van der Waals surface area contributed by atoms with Crippen LogP contribution in [0.1, 0.15) is 31.9 Å². The van der Waals surface area contributed by atoms with Crippen LogP contribution in [0.3, 0.4) is 0 Å². The van der Waals surface area contributed by atoms with Gasteiger partial charge < -0.3 is 14.8 Å². The van der Waals surface area contributed by atoms with Crippen molar-refractivity contribution in [3.05, 3.63) is 48.5 Å². The van der Waals surface area contributed by atoms with Gasteiger partial charge in [-0.05, 0) is 49.9 Å². The molecule has 0 spiro atoms. The summed E-state index contributed by atoms with van der Waals surface area (Å²) in [7, 11) is 0. The Bertz CT molecular complexity index is 967. The zero-order chi connectivity index (χ0) is 20.1. The van der Waals surface area contributed by atoms with Gasteiger partial charge in [-0.3, -0.25) is 14.7 Å². The smallest absolute Gasteiger partial charge is 0.320 e. The number of imidazole rings is 1. The molecule has 1 aliphatic rings. The lowest BCUT2D eigenvalue weighted by Crippen LogP contribution is -2.28. The SMILES string of the molecule is CCNC(=O)Nc1cn2c(COC3CCCCO3)cc(-c3cccnc3)cc2n1. The summed E-state index contributed by atoms with van der Waals surface area (Å²) in [6.07, 6.45) is 8.28. The number of pyridine rings is 2. The van der Waals surface area contributed by atoms with E-state index in [1.54, 1.807) is 12.4 Å². The molecular weight excluding hydrogens is 370 g/mol. The molecule has 0 radical (unpaired) electrons. The van der Waals surface area contributed by atoms with Gasteiger partial charge in [0.2, 0.25) is 0 Å². The fourth-order valence-electron chi connectivity index (χ4n) is 3.37. The molecule has 1 unspecified atom stereocenters. The fourth-order valence-corrected chi connectivity index (χ4v) is 3.37. The Balaban J connectivity index is 1.65.